The third-order valence-corrected chi connectivity index (χ3v) is 5.16. The lowest BCUT2D eigenvalue weighted by molar-refractivity contribution is 0.0248. The Labute approximate surface area is 166 Å². The van der Waals surface area contributed by atoms with Gasteiger partial charge < -0.3 is 19.9 Å². The third kappa shape index (κ3) is 4.38. The molecule has 1 amide bonds. The van der Waals surface area contributed by atoms with Crippen LogP contribution in [0.1, 0.15) is 51.2 Å². The summed E-state index contributed by atoms with van der Waals surface area (Å²) in [6.07, 6.45) is 2.27. The summed E-state index contributed by atoms with van der Waals surface area (Å²) in [4.78, 5) is 27.3. The summed E-state index contributed by atoms with van der Waals surface area (Å²) in [5.41, 5.74) is 9.77. The van der Waals surface area contributed by atoms with Crippen molar-refractivity contribution < 1.29 is 9.53 Å². The van der Waals surface area contributed by atoms with Crippen molar-refractivity contribution in [2.24, 2.45) is 10.9 Å². The van der Waals surface area contributed by atoms with E-state index < -0.39 is 5.60 Å². The van der Waals surface area contributed by atoms with Gasteiger partial charge in [0.05, 0.1) is 17.4 Å². The molecule has 8 nitrogen and oxygen atoms in total. The van der Waals surface area contributed by atoms with E-state index in [0.717, 1.165) is 41.8 Å². The van der Waals surface area contributed by atoms with Gasteiger partial charge in [-0.2, -0.15) is 4.91 Å². The van der Waals surface area contributed by atoms with Crippen LogP contribution in [0.2, 0.25) is 0 Å². The van der Waals surface area contributed by atoms with Crippen molar-refractivity contribution in [2.45, 2.75) is 71.4 Å². The molecule has 1 unspecified atom stereocenters. The highest BCUT2D eigenvalue weighted by atomic mass is 16.6. The van der Waals surface area contributed by atoms with Gasteiger partial charge in [-0.05, 0) is 64.2 Å². The van der Waals surface area contributed by atoms with Crippen LogP contribution in [0.5, 0.6) is 0 Å². The Morgan fingerprint density at radius 1 is 1.36 bits per heavy atom. The topological polar surface area (TPSA) is 100 Å². The van der Waals surface area contributed by atoms with Gasteiger partial charge in [-0.3, -0.25) is 5.73 Å². The zero-order valence-corrected chi connectivity index (χ0v) is 17.2. The molecular formula is C20H31N5O3. The lowest BCUT2D eigenvalue weighted by Gasteiger charge is -2.36. The highest BCUT2D eigenvalue weighted by Gasteiger charge is 2.36. The Morgan fingerprint density at radius 3 is 2.79 bits per heavy atom. The van der Waals surface area contributed by atoms with E-state index in [0.29, 0.717) is 13.1 Å². The number of carbonyl (C=O) groups is 1. The fourth-order valence-corrected chi connectivity index (χ4v) is 4.09. The smallest absolute Gasteiger partial charge is 0.410 e. The maximum Gasteiger partial charge on any atom is 0.410 e. The van der Waals surface area contributed by atoms with E-state index in [2.05, 4.69) is 15.4 Å². The quantitative estimate of drug-likeness (QED) is 0.767. The monoisotopic (exact) mass is 389 g/mol. The van der Waals surface area contributed by atoms with E-state index >= 15 is 0 Å². The van der Waals surface area contributed by atoms with Gasteiger partial charge in [-0.15, -0.1) is 0 Å². The number of nitrogens with two attached hydrogens (primary N) is 1. The molecule has 2 aliphatic rings. The van der Waals surface area contributed by atoms with E-state index in [1.54, 1.807) is 4.90 Å². The minimum atomic E-state index is -0.517. The average molecular weight is 390 g/mol. The van der Waals surface area contributed by atoms with E-state index in [1.165, 1.54) is 0 Å². The van der Waals surface area contributed by atoms with E-state index in [4.69, 9.17) is 10.5 Å². The summed E-state index contributed by atoms with van der Waals surface area (Å²) in [6.45, 7) is 9.06. The molecule has 2 aliphatic heterocycles. The summed E-state index contributed by atoms with van der Waals surface area (Å²) >= 11 is 0. The molecule has 0 spiro atoms. The Hall–Kier alpha value is -2.35. The number of rotatable bonds is 3. The van der Waals surface area contributed by atoms with E-state index in [1.807, 2.05) is 39.8 Å². The highest BCUT2D eigenvalue weighted by Crippen LogP contribution is 2.40. The standard InChI is InChI=1S/C20H31N5O3/c1-13-9-14(11-22-27)10-16-17(13)25(18(21)23-16)15-7-5-6-8-24(12-15)19(26)28-20(2,3)4/h9-10,15,18,23H,5-8,11-12,21H2,1-4H3/t15-,18?/m1/s1. The number of amides is 1. The molecule has 3 N–H and O–H groups in total. The number of benzene rings is 1. The summed E-state index contributed by atoms with van der Waals surface area (Å²) < 4.78 is 5.59. The number of nitrogens with one attached hydrogen (secondary N) is 1. The second kappa shape index (κ2) is 7.95. The highest BCUT2D eigenvalue weighted by molar-refractivity contribution is 5.80. The van der Waals surface area contributed by atoms with Crippen LogP contribution in [0.4, 0.5) is 16.2 Å². The number of likely N-dealkylation sites (tertiary alicyclic amines) is 1. The maximum absolute atomic E-state index is 12.6. The Balaban J connectivity index is 1.84. The van der Waals surface area contributed by atoms with Crippen LogP contribution in [0.3, 0.4) is 0 Å². The largest absolute Gasteiger partial charge is 0.444 e. The number of hydrogen-bond acceptors (Lipinski definition) is 7. The molecule has 28 heavy (non-hydrogen) atoms. The second-order valence-corrected chi connectivity index (χ2v) is 8.67. The molecule has 0 aliphatic carbocycles. The van der Waals surface area contributed by atoms with Gasteiger partial charge in [0.25, 0.3) is 0 Å². The zero-order chi connectivity index (χ0) is 20.5. The summed E-state index contributed by atoms with van der Waals surface area (Å²) in [7, 11) is 0. The molecule has 1 aromatic rings. The van der Waals surface area contributed by atoms with Crippen LogP contribution in [0.25, 0.3) is 0 Å². The summed E-state index contributed by atoms with van der Waals surface area (Å²) in [5, 5.41) is 6.30. The van der Waals surface area contributed by atoms with Crippen LogP contribution in [-0.2, 0) is 11.3 Å². The number of aryl methyl sites for hydroxylation is 1. The van der Waals surface area contributed by atoms with Gasteiger partial charge in [0.2, 0.25) is 0 Å². The van der Waals surface area contributed by atoms with Gasteiger partial charge in [-0.25, -0.2) is 4.79 Å². The predicted octanol–water partition coefficient (Wildman–Crippen LogP) is 3.53. The minimum absolute atomic E-state index is 0.0903. The number of carbonyl (C=O) groups excluding carboxylic acids is 1. The molecule has 0 radical (unpaired) electrons. The van der Waals surface area contributed by atoms with Crippen molar-refractivity contribution in [3.05, 3.63) is 28.2 Å². The molecule has 8 heteroatoms. The number of fused-ring (bicyclic) bond motifs is 1. The molecule has 0 bridgehead atoms. The van der Waals surface area contributed by atoms with Crippen LogP contribution in [-0.4, -0.2) is 42.0 Å². The molecule has 2 atom stereocenters. The molecule has 0 aromatic heterocycles. The Bertz CT molecular complexity index is 746. The lowest BCUT2D eigenvalue weighted by atomic mass is 10.0. The molecule has 0 saturated carbocycles. The van der Waals surface area contributed by atoms with Gasteiger partial charge in [0.1, 0.15) is 12.1 Å². The molecule has 1 saturated heterocycles. The van der Waals surface area contributed by atoms with Crippen LogP contribution in [0.15, 0.2) is 17.3 Å². The van der Waals surface area contributed by atoms with Crippen molar-refractivity contribution in [2.75, 3.05) is 23.3 Å². The van der Waals surface area contributed by atoms with Crippen molar-refractivity contribution in [1.82, 2.24) is 4.90 Å². The first kappa shape index (κ1) is 20.4. The first-order chi connectivity index (χ1) is 13.2. The third-order valence-electron chi connectivity index (χ3n) is 5.16. The molecule has 3 rings (SSSR count). The van der Waals surface area contributed by atoms with Crippen LogP contribution < -0.4 is 16.0 Å². The van der Waals surface area contributed by atoms with Crippen molar-refractivity contribution in [3.8, 4) is 0 Å². The summed E-state index contributed by atoms with van der Waals surface area (Å²) in [5.74, 6) is 0. The number of anilines is 2. The van der Waals surface area contributed by atoms with Crippen molar-refractivity contribution in [3.63, 3.8) is 0 Å². The van der Waals surface area contributed by atoms with Crippen molar-refractivity contribution in [1.29, 1.82) is 0 Å². The number of ether oxygens (including phenoxy) is 1. The summed E-state index contributed by atoms with van der Waals surface area (Å²) in [6, 6.07) is 4.01. The normalized spacial score (nSPS) is 22.3. The molecule has 2 heterocycles. The first-order valence-electron chi connectivity index (χ1n) is 9.90. The Kier molecular flexibility index (Phi) is 5.79. The Morgan fingerprint density at radius 2 is 2.11 bits per heavy atom. The SMILES string of the molecule is Cc1cc(CN=O)cc2c1N([C@@H]1CCCCN(C(=O)OC(C)(C)C)C1)C(N)N2. The van der Waals surface area contributed by atoms with Crippen LogP contribution in [0, 0.1) is 11.8 Å². The van der Waals surface area contributed by atoms with Crippen LogP contribution >= 0.6 is 0 Å². The molecular weight excluding hydrogens is 358 g/mol. The van der Waals surface area contributed by atoms with Gasteiger partial charge in [0.15, 0.2) is 6.29 Å². The zero-order valence-electron chi connectivity index (χ0n) is 17.2. The second-order valence-electron chi connectivity index (χ2n) is 8.67. The lowest BCUT2D eigenvalue weighted by Crippen LogP contribution is -2.53. The van der Waals surface area contributed by atoms with E-state index in [9.17, 15) is 9.70 Å². The minimum Gasteiger partial charge on any atom is -0.444 e. The van der Waals surface area contributed by atoms with Crippen molar-refractivity contribution >= 4 is 17.5 Å². The van der Waals surface area contributed by atoms with Gasteiger partial charge >= 0.3 is 6.09 Å². The average Bonchev–Trinajstić information content (AvgIpc) is 2.76. The predicted molar refractivity (Wildman–Crippen MR) is 110 cm³/mol. The van der Waals surface area contributed by atoms with E-state index in [-0.39, 0.29) is 25.0 Å². The molecule has 1 fully saturated rings. The number of nitrogens with zero attached hydrogens (tertiary/aromatic N) is 3. The van der Waals surface area contributed by atoms with Gasteiger partial charge in [-0.1, -0.05) is 11.2 Å². The van der Waals surface area contributed by atoms with Gasteiger partial charge in [0, 0.05) is 13.1 Å². The fourth-order valence-electron chi connectivity index (χ4n) is 4.09. The molecule has 1 aromatic carbocycles. The number of hydrogen-bond donors (Lipinski definition) is 2. The fraction of sp³-hybridized carbons (Fsp3) is 0.650. The number of nitroso groups, excluding NO2 is 1. The molecule has 154 valence electrons. The maximum atomic E-state index is 12.6. The first-order valence-corrected chi connectivity index (χ1v) is 9.90.